The van der Waals surface area contributed by atoms with E-state index in [1.54, 1.807) is 0 Å². The van der Waals surface area contributed by atoms with Crippen LogP contribution in [0.15, 0.2) is 36.5 Å². The summed E-state index contributed by atoms with van der Waals surface area (Å²) in [5.41, 5.74) is 3.74. The quantitative estimate of drug-likeness (QED) is 0.820. The zero-order valence-corrected chi connectivity index (χ0v) is 15.6. The minimum Gasteiger partial charge on any atom is -0.299 e. The molecule has 2 heterocycles. The Morgan fingerprint density at radius 3 is 2.36 bits per heavy atom. The van der Waals surface area contributed by atoms with Crippen molar-refractivity contribution in [3.8, 4) is 17.3 Å². The van der Waals surface area contributed by atoms with Gasteiger partial charge in [0.15, 0.2) is 0 Å². The first-order chi connectivity index (χ1) is 12.0. The standard InChI is InChI=1S/C21H28N4/c1-17(2)21(9-12-22)10-14-25(15-11-21)16-18-4-6-19(7-5-18)20-8-13-24(3)23-20/h4-8,13,17H,9-11,14-16H2,1-3H3. The maximum Gasteiger partial charge on any atom is 0.0923 e. The van der Waals surface area contributed by atoms with Crippen molar-refractivity contribution in [2.24, 2.45) is 18.4 Å². The number of nitriles is 1. The lowest BCUT2D eigenvalue weighted by atomic mass is 9.68. The van der Waals surface area contributed by atoms with Crippen LogP contribution in [-0.2, 0) is 13.6 Å². The molecular weight excluding hydrogens is 308 g/mol. The molecular formula is C21H28N4. The summed E-state index contributed by atoms with van der Waals surface area (Å²) in [5.74, 6) is 0.576. The van der Waals surface area contributed by atoms with E-state index in [1.165, 1.54) is 5.56 Å². The highest BCUT2D eigenvalue weighted by molar-refractivity contribution is 5.58. The van der Waals surface area contributed by atoms with Crippen LogP contribution in [-0.4, -0.2) is 27.8 Å². The third kappa shape index (κ3) is 3.93. The van der Waals surface area contributed by atoms with Crippen molar-refractivity contribution in [3.63, 3.8) is 0 Å². The van der Waals surface area contributed by atoms with E-state index in [9.17, 15) is 5.26 Å². The fraction of sp³-hybridized carbons (Fsp3) is 0.524. The van der Waals surface area contributed by atoms with E-state index in [0.717, 1.165) is 43.7 Å². The minimum atomic E-state index is 0.216. The van der Waals surface area contributed by atoms with Crippen LogP contribution in [0.3, 0.4) is 0 Å². The van der Waals surface area contributed by atoms with Crippen LogP contribution in [0.1, 0.15) is 38.7 Å². The molecule has 132 valence electrons. The Bertz CT molecular complexity index is 728. The highest BCUT2D eigenvalue weighted by Crippen LogP contribution is 2.41. The Morgan fingerprint density at radius 2 is 1.84 bits per heavy atom. The van der Waals surface area contributed by atoms with Crippen LogP contribution in [0.25, 0.3) is 11.3 Å². The van der Waals surface area contributed by atoms with E-state index in [4.69, 9.17) is 0 Å². The van der Waals surface area contributed by atoms with Gasteiger partial charge in [-0.15, -0.1) is 0 Å². The first-order valence-electron chi connectivity index (χ1n) is 9.21. The van der Waals surface area contributed by atoms with E-state index >= 15 is 0 Å². The van der Waals surface area contributed by atoms with Gasteiger partial charge in [0.05, 0.1) is 11.8 Å². The molecule has 0 amide bonds. The molecule has 0 radical (unpaired) electrons. The van der Waals surface area contributed by atoms with Gasteiger partial charge in [-0.3, -0.25) is 9.58 Å². The molecule has 4 heteroatoms. The molecule has 3 rings (SSSR count). The number of benzene rings is 1. The molecule has 0 unspecified atom stereocenters. The van der Waals surface area contributed by atoms with Gasteiger partial charge in [0.1, 0.15) is 0 Å². The normalized spacial score (nSPS) is 17.6. The van der Waals surface area contributed by atoms with Gasteiger partial charge in [-0.05, 0) is 48.9 Å². The molecule has 0 spiro atoms. The molecule has 1 aliphatic heterocycles. The zero-order valence-electron chi connectivity index (χ0n) is 15.6. The van der Waals surface area contributed by atoms with E-state index in [0.29, 0.717) is 12.3 Å². The number of likely N-dealkylation sites (tertiary alicyclic amines) is 1. The fourth-order valence-corrected chi connectivity index (χ4v) is 3.88. The summed E-state index contributed by atoms with van der Waals surface area (Å²) >= 11 is 0. The topological polar surface area (TPSA) is 44.9 Å². The summed E-state index contributed by atoms with van der Waals surface area (Å²) < 4.78 is 1.83. The number of piperidine rings is 1. The maximum atomic E-state index is 9.18. The lowest BCUT2D eigenvalue weighted by Crippen LogP contribution is -2.42. The van der Waals surface area contributed by atoms with Gasteiger partial charge in [0, 0.05) is 31.8 Å². The summed E-state index contributed by atoms with van der Waals surface area (Å²) in [5, 5.41) is 13.6. The number of hydrogen-bond donors (Lipinski definition) is 0. The largest absolute Gasteiger partial charge is 0.299 e. The average Bonchev–Trinajstić information content (AvgIpc) is 3.04. The van der Waals surface area contributed by atoms with E-state index in [2.05, 4.69) is 54.2 Å². The summed E-state index contributed by atoms with van der Waals surface area (Å²) in [6.45, 7) is 7.69. The highest BCUT2D eigenvalue weighted by Gasteiger charge is 2.37. The third-order valence-electron chi connectivity index (χ3n) is 5.88. The molecule has 0 aliphatic carbocycles. The second kappa shape index (κ2) is 7.41. The molecule has 2 aromatic rings. The van der Waals surface area contributed by atoms with Crippen molar-refractivity contribution in [1.29, 1.82) is 5.26 Å². The molecule has 1 aromatic heterocycles. The number of nitrogens with zero attached hydrogens (tertiary/aromatic N) is 4. The number of aromatic nitrogens is 2. The maximum absolute atomic E-state index is 9.18. The van der Waals surface area contributed by atoms with E-state index in [-0.39, 0.29) is 5.41 Å². The second-order valence-corrected chi connectivity index (χ2v) is 7.70. The van der Waals surface area contributed by atoms with Crippen molar-refractivity contribution in [2.45, 2.75) is 39.7 Å². The SMILES string of the molecule is CC(C)C1(CC#N)CCN(Cc2ccc(-c3ccn(C)n3)cc2)CC1. The van der Waals surface area contributed by atoms with Gasteiger partial charge >= 0.3 is 0 Å². The van der Waals surface area contributed by atoms with Gasteiger partial charge in [0.25, 0.3) is 0 Å². The first kappa shape index (κ1) is 17.7. The summed E-state index contributed by atoms with van der Waals surface area (Å²) in [4.78, 5) is 2.52. The molecule has 1 fully saturated rings. The number of rotatable bonds is 5. The third-order valence-corrected chi connectivity index (χ3v) is 5.88. The highest BCUT2D eigenvalue weighted by atomic mass is 15.2. The summed E-state index contributed by atoms with van der Waals surface area (Å²) in [6, 6.07) is 13.2. The van der Waals surface area contributed by atoms with Gasteiger partial charge in [0.2, 0.25) is 0 Å². The number of aryl methyl sites for hydroxylation is 1. The Hall–Kier alpha value is -2.12. The van der Waals surface area contributed by atoms with Crippen LogP contribution < -0.4 is 0 Å². The lowest BCUT2D eigenvalue weighted by Gasteiger charge is -2.43. The van der Waals surface area contributed by atoms with Crippen LogP contribution in [0, 0.1) is 22.7 Å². The average molecular weight is 336 g/mol. The molecule has 25 heavy (non-hydrogen) atoms. The van der Waals surface area contributed by atoms with Crippen molar-refractivity contribution in [1.82, 2.24) is 14.7 Å². The minimum absolute atomic E-state index is 0.216. The first-order valence-corrected chi connectivity index (χ1v) is 9.21. The smallest absolute Gasteiger partial charge is 0.0923 e. The molecule has 0 atom stereocenters. The van der Waals surface area contributed by atoms with Gasteiger partial charge in [-0.25, -0.2) is 0 Å². The Morgan fingerprint density at radius 1 is 1.16 bits per heavy atom. The molecule has 0 N–H and O–H groups in total. The van der Waals surface area contributed by atoms with Crippen LogP contribution >= 0.6 is 0 Å². The Labute approximate surface area is 151 Å². The monoisotopic (exact) mass is 336 g/mol. The molecule has 1 aromatic carbocycles. The molecule has 4 nitrogen and oxygen atoms in total. The van der Waals surface area contributed by atoms with E-state index < -0.39 is 0 Å². The van der Waals surface area contributed by atoms with Crippen molar-refractivity contribution < 1.29 is 0 Å². The molecule has 0 bridgehead atoms. The Kier molecular flexibility index (Phi) is 5.24. The predicted molar refractivity (Wildman–Crippen MR) is 101 cm³/mol. The second-order valence-electron chi connectivity index (χ2n) is 7.70. The van der Waals surface area contributed by atoms with Crippen molar-refractivity contribution >= 4 is 0 Å². The van der Waals surface area contributed by atoms with Gasteiger partial charge in [-0.1, -0.05) is 38.1 Å². The number of hydrogen-bond acceptors (Lipinski definition) is 3. The summed E-state index contributed by atoms with van der Waals surface area (Å²) in [7, 11) is 1.94. The molecule has 0 saturated carbocycles. The zero-order chi connectivity index (χ0) is 17.9. The Balaban J connectivity index is 1.60. The predicted octanol–water partition coefficient (Wildman–Crippen LogP) is 4.24. The van der Waals surface area contributed by atoms with Crippen molar-refractivity contribution in [3.05, 3.63) is 42.1 Å². The summed E-state index contributed by atoms with van der Waals surface area (Å²) in [6.07, 6.45) is 4.92. The lowest BCUT2D eigenvalue weighted by molar-refractivity contribution is 0.0617. The van der Waals surface area contributed by atoms with Crippen LogP contribution in [0.2, 0.25) is 0 Å². The molecule has 1 aliphatic rings. The van der Waals surface area contributed by atoms with Crippen molar-refractivity contribution in [2.75, 3.05) is 13.1 Å². The van der Waals surface area contributed by atoms with E-state index in [1.807, 2.05) is 24.0 Å². The van der Waals surface area contributed by atoms with Crippen LogP contribution in [0.5, 0.6) is 0 Å². The fourth-order valence-electron chi connectivity index (χ4n) is 3.88. The van der Waals surface area contributed by atoms with Gasteiger partial charge < -0.3 is 0 Å². The van der Waals surface area contributed by atoms with Gasteiger partial charge in [-0.2, -0.15) is 10.4 Å². The molecule has 1 saturated heterocycles. The van der Waals surface area contributed by atoms with Crippen LogP contribution in [0.4, 0.5) is 0 Å².